The number of unbranched alkanes of at least 4 members (excludes halogenated alkanes) is 6. The van der Waals surface area contributed by atoms with Crippen molar-refractivity contribution < 1.29 is 34.8 Å². The van der Waals surface area contributed by atoms with Crippen molar-refractivity contribution >= 4 is 17.9 Å². The van der Waals surface area contributed by atoms with E-state index in [4.69, 9.17) is 0 Å². The average molecular weight is 529 g/mol. The first-order valence-electron chi connectivity index (χ1n) is 14.8. The lowest BCUT2D eigenvalue weighted by atomic mass is 9.57. The van der Waals surface area contributed by atoms with E-state index in [-0.39, 0.29) is 37.0 Å². The van der Waals surface area contributed by atoms with Crippen LogP contribution in [0.4, 0.5) is 0 Å². The normalized spacial score (nSPS) is 18.2. The monoisotopic (exact) mass is 528 g/mol. The van der Waals surface area contributed by atoms with E-state index >= 15 is 0 Å². The molecule has 0 aliphatic heterocycles. The molecule has 5 atom stereocenters. The third-order valence-electron chi connectivity index (χ3n) is 8.20. The minimum atomic E-state index is -2.93. The van der Waals surface area contributed by atoms with Crippen molar-refractivity contribution in [2.45, 2.75) is 143 Å². The van der Waals surface area contributed by atoms with Crippen LogP contribution in [-0.4, -0.2) is 43.9 Å². The molecule has 0 aliphatic carbocycles. The Morgan fingerprint density at radius 3 is 1.30 bits per heavy atom. The second kappa shape index (κ2) is 17.8. The third-order valence-corrected chi connectivity index (χ3v) is 8.20. The van der Waals surface area contributed by atoms with Gasteiger partial charge in [0, 0.05) is 0 Å². The zero-order chi connectivity index (χ0) is 28.6. The molecule has 0 saturated heterocycles. The van der Waals surface area contributed by atoms with Crippen molar-refractivity contribution in [2.75, 3.05) is 0 Å². The van der Waals surface area contributed by atoms with E-state index in [2.05, 4.69) is 20.8 Å². The minimum Gasteiger partial charge on any atom is -0.481 e. The van der Waals surface area contributed by atoms with Gasteiger partial charge in [-0.05, 0) is 37.0 Å². The van der Waals surface area contributed by atoms with E-state index in [9.17, 15) is 34.8 Å². The molecule has 0 bridgehead atoms. The molecule has 7 nitrogen and oxygen atoms in total. The van der Waals surface area contributed by atoms with Gasteiger partial charge in [-0.25, -0.2) is 4.79 Å². The second-order valence-corrected chi connectivity index (χ2v) is 11.8. The van der Waals surface area contributed by atoms with Gasteiger partial charge in [0.2, 0.25) is 0 Å². The summed E-state index contributed by atoms with van der Waals surface area (Å²) in [6.45, 7) is 11.9. The van der Waals surface area contributed by atoms with Crippen molar-refractivity contribution in [2.24, 2.45) is 29.1 Å². The Hall–Kier alpha value is -1.63. The smallest absolute Gasteiger partial charge is 0.337 e. The van der Waals surface area contributed by atoms with Gasteiger partial charge in [0.15, 0.2) is 5.60 Å². The molecule has 0 amide bonds. The Morgan fingerprint density at radius 2 is 1.00 bits per heavy atom. The summed E-state index contributed by atoms with van der Waals surface area (Å²) < 4.78 is 0. The van der Waals surface area contributed by atoms with Gasteiger partial charge < -0.3 is 20.4 Å². The van der Waals surface area contributed by atoms with Crippen LogP contribution < -0.4 is 0 Å². The highest BCUT2D eigenvalue weighted by Crippen LogP contribution is 2.50. The number of aliphatic hydroxyl groups is 1. The zero-order valence-corrected chi connectivity index (χ0v) is 24.4. The summed E-state index contributed by atoms with van der Waals surface area (Å²) in [5.41, 5.74) is -5.04. The van der Waals surface area contributed by atoms with Crippen LogP contribution >= 0.6 is 0 Å². The predicted molar refractivity (Wildman–Crippen MR) is 148 cm³/mol. The molecule has 0 aromatic heterocycles. The van der Waals surface area contributed by atoms with Crippen LogP contribution in [-0.2, 0) is 14.4 Å². The molecule has 0 aromatic carbocycles. The van der Waals surface area contributed by atoms with Gasteiger partial charge in [0.25, 0.3) is 0 Å². The first-order chi connectivity index (χ1) is 17.3. The molecule has 0 aliphatic rings. The Bertz CT molecular complexity index is 659. The molecule has 7 heteroatoms. The average Bonchev–Trinajstić information content (AvgIpc) is 2.81. The molecule has 0 rings (SSSR count). The van der Waals surface area contributed by atoms with E-state index in [1.54, 1.807) is 0 Å². The van der Waals surface area contributed by atoms with Gasteiger partial charge in [-0.2, -0.15) is 0 Å². The van der Waals surface area contributed by atoms with E-state index in [0.29, 0.717) is 19.3 Å². The fourth-order valence-corrected chi connectivity index (χ4v) is 6.01. The lowest BCUT2D eigenvalue weighted by Gasteiger charge is -2.47. The number of carbonyl (C=O) groups is 3. The maximum Gasteiger partial charge on any atom is 0.337 e. The lowest BCUT2D eigenvalue weighted by Crippen LogP contribution is -2.65. The van der Waals surface area contributed by atoms with E-state index in [1.807, 2.05) is 20.8 Å². The molecular weight excluding hydrogens is 472 g/mol. The number of carboxylic acids is 3. The molecule has 0 fully saturated rings. The molecule has 4 N–H and O–H groups in total. The Labute approximate surface area is 225 Å². The van der Waals surface area contributed by atoms with Crippen LogP contribution in [0.2, 0.25) is 0 Å². The number of aliphatic carboxylic acids is 3. The molecule has 0 aromatic rings. The summed E-state index contributed by atoms with van der Waals surface area (Å²) in [4.78, 5) is 38.5. The van der Waals surface area contributed by atoms with E-state index in [0.717, 1.165) is 57.8 Å². The number of carboxylic acid groups (broad SMARTS) is 3. The summed E-state index contributed by atoms with van der Waals surface area (Å²) in [6.07, 6.45) is 10.5. The quantitative estimate of drug-likeness (QED) is 0.102. The predicted octanol–water partition coefficient (Wildman–Crippen LogP) is 7.39. The van der Waals surface area contributed by atoms with Gasteiger partial charge >= 0.3 is 17.9 Å². The standard InChI is InChI=1S/C30H56O7/c1-7-10-13-16-22(4)19-25(26(31)32)30(37,28(35)36)29(27(33)34,20-23(5)17-14-11-8-2)21-24(6)18-15-12-9-3/h22-25,37H,7-21H2,1-6H3,(H,31,32)(H,33,34)(H,35,36). The van der Waals surface area contributed by atoms with Gasteiger partial charge in [0.05, 0.1) is 5.92 Å². The van der Waals surface area contributed by atoms with Crippen LogP contribution in [0.1, 0.15) is 138 Å². The van der Waals surface area contributed by atoms with Gasteiger partial charge in [-0.3, -0.25) is 9.59 Å². The zero-order valence-electron chi connectivity index (χ0n) is 24.4. The highest BCUT2D eigenvalue weighted by Gasteiger charge is 2.66. The van der Waals surface area contributed by atoms with Crippen LogP contribution in [0, 0.1) is 29.1 Å². The topological polar surface area (TPSA) is 132 Å². The fourth-order valence-electron chi connectivity index (χ4n) is 6.01. The van der Waals surface area contributed by atoms with Crippen LogP contribution in [0.15, 0.2) is 0 Å². The van der Waals surface area contributed by atoms with Crippen LogP contribution in [0.25, 0.3) is 0 Å². The molecule has 0 spiro atoms. The number of rotatable bonds is 23. The molecule has 218 valence electrons. The molecule has 5 unspecified atom stereocenters. The van der Waals surface area contributed by atoms with Gasteiger partial charge in [-0.1, -0.05) is 119 Å². The largest absolute Gasteiger partial charge is 0.481 e. The van der Waals surface area contributed by atoms with Crippen molar-refractivity contribution in [3.8, 4) is 0 Å². The molecular formula is C30H56O7. The Morgan fingerprint density at radius 1 is 0.622 bits per heavy atom. The minimum absolute atomic E-state index is 0.0685. The Kier molecular flexibility index (Phi) is 17.0. The highest BCUT2D eigenvalue weighted by molar-refractivity contribution is 5.93. The van der Waals surface area contributed by atoms with Gasteiger partial charge in [-0.15, -0.1) is 0 Å². The first-order valence-corrected chi connectivity index (χ1v) is 14.8. The fraction of sp³-hybridized carbons (Fsp3) is 0.900. The summed E-state index contributed by atoms with van der Waals surface area (Å²) in [6, 6.07) is 0. The molecule has 37 heavy (non-hydrogen) atoms. The molecule has 0 radical (unpaired) electrons. The Balaban J connectivity index is 6.60. The SMILES string of the molecule is CCCCCC(C)CC(C(=O)O)C(O)(C(=O)O)C(CC(C)CCCCC)(CC(C)CCCCC)C(=O)O. The van der Waals surface area contributed by atoms with E-state index in [1.165, 1.54) is 0 Å². The summed E-state index contributed by atoms with van der Waals surface area (Å²) in [7, 11) is 0. The van der Waals surface area contributed by atoms with Crippen molar-refractivity contribution in [1.29, 1.82) is 0 Å². The number of hydrogen-bond acceptors (Lipinski definition) is 4. The summed E-state index contributed by atoms with van der Waals surface area (Å²) >= 11 is 0. The van der Waals surface area contributed by atoms with Crippen LogP contribution in [0.5, 0.6) is 0 Å². The van der Waals surface area contributed by atoms with Crippen molar-refractivity contribution in [1.82, 2.24) is 0 Å². The highest BCUT2D eigenvalue weighted by atomic mass is 16.4. The molecule has 0 heterocycles. The molecule has 0 saturated carbocycles. The van der Waals surface area contributed by atoms with E-state index < -0.39 is 34.8 Å². The maximum atomic E-state index is 13.1. The van der Waals surface area contributed by atoms with Gasteiger partial charge in [0.1, 0.15) is 5.41 Å². The summed E-state index contributed by atoms with van der Waals surface area (Å²) in [5.74, 6) is -6.83. The second-order valence-electron chi connectivity index (χ2n) is 11.8. The third kappa shape index (κ3) is 10.6. The number of hydrogen-bond donors (Lipinski definition) is 4. The van der Waals surface area contributed by atoms with Crippen molar-refractivity contribution in [3.05, 3.63) is 0 Å². The lowest BCUT2D eigenvalue weighted by molar-refractivity contribution is -0.211. The van der Waals surface area contributed by atoms with Crippen molar-refractivity contribution in [3.63, 3.8) is 0 Å². The van der Waals surface area contributed by atoms with Crippen LogP contribution in [0.3, 0.4) is 0 Å². The summed E-state index contributed by atoms with van der Waals surface area (Å²) in [5, 5.41) is 43.3. The first kappa shape index (κ1) is 35.4. The maximum absolute atomic E-state index is 13.1.